The highest BCUT2D eigenvalue weighted by atomic mass is 16.7. The lowest BCUT2D eigenvalue weighted by Crippen LogP contribution is -2.32. The van der Waals surface area contributed by atoms with Gasteiger partial charge in [0, 0.05) is 6.92 Å². The number of oxime groups is 1. The highest BCUT2D eigenvalue weighted by Crippen LogP contribution is 2.08. The van der Waals surface area contributed by atoms with Crippen molar-refractivity contribution in [3.63, 3.8) is 0 Å². The Bertz CT molecular complexity index is 380. The van der Waals surface area contributed by atoms with Crippen molar-refractivity contribution in [2.24, 2.45) is 5.16 Å². The number of rotatable bonds is 6. The van der Waals surface area contributed by atoms with Crippen LogP contribution in [-0.4, -0.2) is 42.2 Å². The maximum absolute atomic E-state index is 11.6. The van der Waals surface area contributed by atoms with E-state index < -0.39 is 35.6 Å². The average molecular weight is 273 g/mol. The Kier molecular flexibility index (Phi) is 6.74. The molecule has 0 saturated heterocycles. The number of carbonyl (C=O) groups is 3. The molecular weight excluding hydrogens is 254 g/mol. The maximum Gasteiger partial charge on any atom is 0.364 e. The fraction of sp³-hybridized carbons (Fsp3) is 0.667. The van der Waals surface area contributed by atoms with E-state index in [1.54, 1.807) is 27.7 Å². The Morgan fingerprint density at radius 3 is 2.16 bits per heavy atom. The first-order valence-electron chi connectivity index (χ1n) is 5.77. The number of hydrogen-bond acceptors (Lipinski definition) is 7. The van der Waals surface area contributed by atoms with E-state index in [-0.39, 0.29) is 6.61 Å². The summed E-state index contributed by atoms with van der Waals surface area (Å²) < 4.78 is 9.57. The van der Waals surface area contributed by atoms with Gasteiger partial charge in [0.1, 0.15) is 5.60 Å². The third kappa shape index (κ3) is 7.91. The summed E-state index contributed by atoms with van der Waals surface area (Å²) in [4.78, 5) is 38.5. The zero-order valence-corrected chi connectivity index (χ0v) is 11.8. The second-order valence-electron chi connectivity index (χ2n) is 4.58. The van der Waals surface area contributed by atoms with E-state index in [0.717, 1.165) is 6.92 Å². The van der Waals surface area contributed by atoms with E-state index in [0.29, 0.717) is 0 Å². The van der Waals surface area contributed by atoms with Crippen molar-refractivity contribution in [1.82, 2.24) is 0 Å². The third-order valence-electron chi connectivity index (χ3n) is 1.57. The maximum atomic E-state index is 11.6. The number of Topliss-reactive ketones (excluding diaryl/α,β-unsaturated/α-hetero) is 1. The molecule has 0 rings (SSSR count). The highest BCUT2D eigenvalue weighted by molar-refractivity contribution is 6.63. The van der Waals surface area contributed by atoms with Gasteiger partial charge in [0.05, 0.1) is 6.61 Å². The normalized spacial score (nSPS) is 11.7. The second-order valence-corrected chi connectivity index (χ2v) is 4.58. The zero-order valence-electron chi connectivity index (χ0n) is 11.8. The molecule has 0 heterocycles. The first-order valence-corrected chi connectivity index (χ1v) is 5.77. The van der Waals surface area contributed by atoms with E-state index in [9.17, 15) is 14.4 Å². The molecule has 0 aliphatic carbocycles. The topological polar surface area (TPSA) is 91.3 Å². The molecule has 0 amide bonds. The van der Waals surface area contributed by atoms with E-state index >= 15 is 0 Å². The fourth-order valence-electron chi connectivity index (χ4n) is 0.924. The SMILES string of the molecule is CCOC(=O)CO/N=C(\C(C)=O)C(=O)OC(C)(C)C. The van der Waals surface area contributed by atoms with Gasteiger partial charge >= 0.3 is 11.9 Å². The van der Waals surface area contributed by atoms with Gasteiger partial charge in [0.15, 0.2) is 5.78 Å². The Balaban J connectivity index is 4.60. The summed E-state index contributed by atoms with van der Waals surface area (Å²) in [6.45, 7) is 7.48. The highest BCUT2D eigenvalue weighted by Gasteiger charge is 2.25. The molecule has 0 fully saturated rings. The molecule has 19 heavy (non-hydrogen) atoms. The summed E-state index contributed by atoms with van der Waals surface area (Å²) in [5, 5.41) is 3.32. The van der Waals surface area contributed by atoms with Crippen LogP contribution in [-0.2, 0) is 28.7 Å². The Morgan fingerprint density at radius 1 is 1.16 bits per heavy atom. The van der Waals surface area contributed by atoms with Gasteiger partial charge in [-0.25, -0.2) is 9.59 Å². The summed E-state index contributed by atoms with van der Waals surface area (Å²) in [6, 6.07) is 0. The minimum atomic E-state index is -0.899. The van der Waals surface area contributed by atoms with Crippen LogP contribution in [0.3, 0.4) is 0 Å². The smallest absolute Gasteiger partial charge is 0.364 e. The van der Waals surface area contributed by atoms with Crippen molar-refractivity contribution in [3.05, 3.63) is 0 Å². The van der Waals surface area contributed by atoms with Gasteiger partial charge in [0.25, 0.3) is 0 Å². The molecule has 0 radical (unpaired) electrons. The first-order chi connectivity index (χ1) is 8.67. The predicted octanol–water partition coefficient (Wildman–Crippen LogP) is 0.853. The number of esters is 2. The van der Waals surface area contributed by atoms with Crippen molar-refractivity contribution >= 4 is 23.4 Å². The molecule has 0 bridgehead atoms. The van der Waals surface area contributed by atoms with Gasteiger partial charge in [-0.15, -0.1) is 0 Å². The van der Waals surface area contributed by atoms with Crippen LogP contribution in [0.15, 0.2) is 5.16 Å². The molecule has 0 aliphatic rings. The molecule has 0 aliphatic heterocycles. The van der Waals surface area contributed by atoms with Crippen LogP contribution in [0.5, 0.6) is 0 Å². The standard InChI is InChI=1S/C12H19NO6/c1-6-17-9(15)7-18-13-10(8(2)14)11(16)19-12(3,4)5/h6-7H2,1-5H3/b13-10+. The van der Waals surface area contributed by atoms with Crippen LogP contribution in [0.2, 0.25) is 0 Å². The van der Waals surface area contributed by atoms with Gasteiger partial charge in [-0.1, -0.05) is 5.16 Å². The predicted molar refractivity (Wildman–Crippen MR) is 66.5 cm³/mol. The fourth-order valence-corrected chi connectivity index (χ4v) is 0.924. The number of ether oxygens (including phenoxy) is 2. The number of ketones is 1. The van der Waals surface area contributed by atoms with Crippen LogP contribution in [0.4, 0.5) is 0 Å². The van der Waals surface area contributed by atoms with E-state index in [1.807, 2.05) is 0 Å². The lowest BCUT2D eigenvalue weighted by molar-refractivity contribution is -0.150. The van der Waals surface area contributed by atoms with Gasteiger partial charge in [-0.2, -0.15) is 0 Å². The van der Waals surface area contributed by atoms with Crippen molar-refractivity contribution in [2.75, 3.05) is 13.2 Å². The zero-order chi connectivity index (χ0) is 15.1. The molecule has 0 atom stereocenters. The quantitative estimate of drug-likeness (QED) is 0.308. The molecular formula is C12H19NO6. The molecule has 0 saturated carbocycles. The summed E-state index contributed by atoms with van der Waals surface area (Å²) in [5.41, 5.74) is -1.26. The molecule has 7 heteroatoms. The van der Waals surface area contributed by atoms with Crippen LogP contribution in [0.25, 0.3) is 0 Å². The molecule has 0 N–H and O–H groups in total. The monoisotopic (exact) mass is 273 g/mol. The summed E-state index contributed by atoms with van der Waals surface area (Å²) in [5.74, 6) is -2.15. The second kappa shape index (κ2) is 7.50. The lowest BCUT2D eigenvalue weighted by Gasteiger charge is -2.19. The van der Waals surface area contributed by atoms with E-state index in [1.165, 1.54) is 0 Å². The number of nitrogens with zero attached hydrogens (tertiary/aromatic N) is 1. The van der Waals surface area contributed by atoms with Gasteiger partial charge in [0.2, 0.25) is 12.3 Å². The van der Waals surface area contributed by atoms with Crippen LogP contribution < -0.4 is 0 Å². The molecule has 7 nitrogen and oxygen atoms in total. The largest absolute Gasteiger partial charge is 0.463 e. The number of carbonyl (C=O) groups excluding carboxylic acids is 3. The average Bonchev–Trinajstić information content (AvgIpc) is 2.21. The Hall–Kier alpha value is -1.92. The van der Waals surface area contributed by atoms with Crippen molar-refractivity contribution < 1.29 is 28.7 Å². The summed E-state index contributed by atoms with van der Waals surface area (Å²) in [7, 11) is 0. The minimum Gasteiger partial charge on any atom is -0.463 e. The van der Waals surface area contributed by atoms with Gasteiger partial charge < -0.3 is 14.3 Å². The van der Waals surface area contributed by atoms with Crippen molar-refractivity contribution in [2.45, 2.75) is 40.2 Å². The van der Waals surface area contributed by atoms with Crippen molar-refractivity contribution in [1.29, 1.82) is 0 Å². The van der Waals surface area contributed by atoms with E-state index in [2.05, 4.69) is 14.7 Å². The third-order valence-corrected chi connectivity index (χ3v) is 1.57. The molecule has 0 aromatic rings. The van der Waals surface area contributed by atoms with Gasteiger partial charge in [-0.05, 0) is 27.7 Å². The molecule has 0 aromatic carbocycles. The van der Waals surface area contributed by atoms with Crippen LogP contribution in [0.1, 0.15) is 34.6 Å². The van der Waals surface area contributed by atoms with Gasteiger partial charge in [-0.3, -0.25) is 4.79 Å². The van der Waals surface area contributed by atoms with E-state index in [4.69, 9.17) is 4.74 Å². The molecule has 0 aromatic heterocycles. The van der Waals surface area contributed by atoms with Crippen LogP contribution in [0, 0.1) is 0 Å². The first kappa shape index (κ1) is 17.1. The summed E-state index contributed by atoms with van der Waals surface area (Å²) >= 11 is 0. The molecule has 108 valence electrons. The van der Waals surface area contributed by atoms with Crippen molar-refractivity contribution in [3.8, 4) is 0 Å². The number of hydrogen-bond donors (Lipinski definition) is 0. The summed E-state index contributed by atoms with van der Waals surface area (Å²) in [6.07, 6.45) is 0. The molecule has 0 unspecified atom stereocenters. The minimum absolute atomic E-state index is 0.206. The Labute approximate surface area is 111 Å². The molecule has 0 spiro atoms. The van der Waals surface area contributed by atoms with Crippen LogP contribution >= 0.6 is 0 Å². The lowest BCUT2D eigenvalue weighted by atomic mass is 10.2. The Morgan fingerprint density at radius 2 is 1.74 bits per heavy atom.